The smallest absolute Gasteiger partial charge is 0.237 e. The zero-order valence-corrected chi connectivity index (χ0v) is 12.3. The number of nitrogens with one attached hydrogen (secondary N) is 1. The fraction of sp³-hybridized carbons (Fsp3) is 0.375. The van der Waals surface area contributed by atoms with Crippen LogP contribution in [-0.4, -0.2) is 30.2 Å². The molecule has 0 aliphatic carbocycles. The van der Waals surface area contributed by atoms with E-state index in [1.165, 1.54) is 5.56 Å². The van der Waals surface area contributed by atoms with Crippen LogP contribution in [0.5, 0.6) is 11.6 Å². The first kappa shape index (κ1) is 13.8. The zero-order chi connectivity index (χ0) is 14.7. The molecule has 1 aromatic heterocycles. The topological polar surface area (TPSA) is 56.3 Å². The van der Waals surface area contributed by atoms with Crippen molar-refractivity contribution in [1.29, 1.82) is 0 Å². The van der Waals surface area contributed by atoms with Crippen molar-refractivity contribution in [2.24, 2.45) is 0 Å². The Morgan fingerprint density at radius 2 is 2.19 bits per heavy atom. The standard InChI is InChI=1S/C16H19N3O2/c1-3-17-14(15-16(20-2)19-8-7-18-15)12-4-5-13-11(10-12)6-9-21-13/h4-5,7-8,10,14,17H,3,6,9H2,1-2H3. The molecular formula is C16H19N3O2. The lowest BCUT2D eigenvalue weighted by Crippen LogP contribution is -2.24. The van der Waals surface area contributed by atoms with Crippen LogP contribution >= 0.6 is 0 Å². The molecule has 0 spiro atoms. The fourth-order valence-electron chi connectivity index (χ4n) is 2.65. The summed E-state index contributed by atoms with van der Waals surface area (Å²) in [6.45, 7) is 3.67. The molecule has 1 atom stereocenters. The summed E-state index contributed by atoms with van der Waals surface area (Å²) in [7, 11) is 1.62. The molecule has 1 aliphatic rings. The SMILES string of the molecule is CCNC(c1ccc2c(c1)CCO2)c1nccnc1OC. The minimum atomic E-state index is -0.0375. The Morgan fingerprint density at radius 1 is 1.33 bits per heavy atom. The van der Waals surface area contributed by atoms with Crippen LogP contribution in [0.1, 0.15) is 29.8 Å². The predicted molar refractivity (Wildman–Crippen MR) is 79.7 cm³/mol. The number of nitrogens with zero attached hydrogens (tertiary/aromatic N) is 2. The predicted octanol–water partition coefficient (Wildman–Crippen LogP) is 2.12. The molecule has 3 rings (SSSR count). The number of aromatic nitrogens is 2. The molecule has 0 fully saturated rings. The van der Waals surface area contributed by atoms with Gasteiger partial charge < -0.3 is 14.8 Å². The Hall–Kier alpha value is -2.14. The van der Waals surface area contributed by atoms with Gasteiger partial charge in [-0.25, -0.2) is 4.98 Å². The molecule has 2 aromatic rings. The number of ether oxygens (including phenoxy) is 2. The molecule has 5 heteroatoms. The van der Waals surface area contributed by atoms with E-state index in [0.29, 0.717) is 5.88 Å². The highest BCUT2D eigenvalue weighted by Crippen LogP contribution is 2.32. The van der Waals surface area contributed by atoms with E-state index in [1.807, 2.05) is 6.07 Å². The van der Waals surface area contributed by atoms with Gasteiger partial charge in [-0.05, 0) is 23.7 Å². The molecule has 0 amide bonds. The van der Waals surface area contributed by atoms with Gasteiger partial charge in [-0.3, -0.25) is 4.98 Å². The molecule has 0 bridgehead atoms. The molecule has 1 aliphatic heterocycles. The fourth-order valence-corrected chi connectivity index (χ4v) is 2.65. The van der Waals surface area contributed by atoms with Crippen molar-refractivity contribution < 1.29 is 9.47 Å². The number of rotatable bonds is 5. The Kier molecular flexibility index (Phi) is 4.01. The minimum Gasteiger partial charge on any atom is -0.493 e. The first-order valence-corrected chi connectivity index (χ1v) is 7.17. The molecule has 2 heterocycles. The lowest BCUT2D eigenvalue weighted by molar-refractivity contribution is 0.356. The quantitative estimate of drug-likeness (QED) is 0.912. The third kappa shape index (κ3) is 2.69. The van der Waals surface area contributed by atoms with Crippen molar-refractivity contribution in [2.45, 2.75) is 19.4 Å². The molecular weight excluding hydrogens is 266 g/mol. The second-order valence-electron chi connectivity index (χ2n) is 4.91. The summed E-state index contributed by atoms with van der Waals surface area (Å²) in [6, 6.07) is 6.25. The van der Waals surface area contributed by atoms with Crippen molar-refractivity contribution in [2.75, 3.05) is 20.3 Å². The summed E-state index contributed by atoms with van der Waals surface area (Å²) >= 11 is 0. The lowest BCUT2D eigenvalue weighted by atomic mass is 10.00. The van der Waals surface area contributed by atoms with Crippen LogP contribution in [0.2, 0.25) is 0 Å². The van der Waals surface area contributed by atoms with Gasteiger partial charge in [0.1, 0.15) is 11.4 Å². The summed E-state index contributed by atoms with van der Waals surface area (Å²) < 4.78 is 10.9. The van der Waals surface area contributed by atoms with Crippen molar-refractivity contribution >= 4 is 0 Å². The molecule has 110 valence electrons. The van der Waals surface area contributed by atoms with Gasteiger partial charge in [-0.15, -0.1) is 0 Å². The van der Waals surface area contributed by atoms with Crippen molar-refractivity contribution in [3.8, 4) is 11.6 Å². The largest absolute Gasteiger partial charge is 0.493 e. The second kappa shape index (κ2) is 6.10. The summed E-state index contributed by atoms with van der Waals surface area (Å²) in [5.74, 6) is 1.54. The number of methoxy groups -OCH3 is 1. The van der Waals surface area contributed by atoms with Crippen LogP contribution in [0.3, 0.4) is 0 Å². The third-order valence-corrected chi connectivity index (χ3v) is 3.61. The van der Waals surface area contributed by atoms with Crippen molar-refractivity contribution in [3.05, 3.63) is 47.4 Å². The summed E-state index contributed by atoms with van der Waals surface area (Å²) in [4.78, 5) is 8.71. The molecule has 0 saturated carbocycles. The highest BCUT2D eigenvalue weighted by Gasteiger charge is 2.22. The van der Waals surface area contributed by atoms with Gasteiger partial charge in [0.05, 0.1) is 19.8 Å². The van der Waals surface area contributed by atoms with Gasteiger partial charge in [0.2, 0.25) is 5.88 Å². The summed E-state index contributed by atoms with van der Waals surface area (Å²) in [6.07, 6.45) is 4.29. The first-order valence-electron chi connectivity index (χ1n) is 7.17. The highest BCUT2D eigenvalue weighted by molar-refractivity contribution is 5.43. The maximum absolute atomic E-state index is 5.57. The summed E-state index contributed by atoms with van der Waals surface area (Å²) in [5, 5.41) is 3.46. The lowest BCUT2D eigenvalue weighted by Gasteiger charge is -2.19. The molecule has 5 nitrogen and oxygen atoms in total. The maximum atomic E-state index is 5.57. The van der Waals surface area contributed by atoms with Gasteiger partial charge in [-0.1, -0.05) is 19.1 Å². The molecule has 21 heavy (non-hydrogen) atoms. The maximum Gasteiger partial charge on any atom is 0.237 e. The number of hydrogen-bond donors (Lipinski definition) is 1. The van der Waals surface area contributed by atoms with Gasteiger partial charge in [0.15, 0.2) is 0 Å². The van der Waals surface area contributed by atoms with Crippen LogP contribution < -0.4 is 14.8 Å². The number of benzene rings is 1. The zero-order valence-electron chi connectivity index (χ0n) is 12.3. The molecule has 0 saturated heterocycles. The van der Waals surface area contributed by atoms with E-state index in [-0.39, 0.29) is 6.04 Å². The van der Waals surface area contributed by atoms with Crippen LogP contribution in [0.25, 0.3) is 0 Å². The second-order valence-corrected chi connectivity index (χ2v) is 4.91. The summed E-state index contributed by atoms with van der Waals surface area (Å²) in [5.41, 5.74) is 3.21. The molecule has 1 aromatic carbocycles. The van der Waals surface area contributed by atoms with Gasteiger partial charge in [-0.2, -0.15) is 0 Å². The van der Waals surface area contributed by atoms with Crippen molar-refractivity contribution in [1.82, 2.24) is 15.3 Å². The average molecular weight is 285 g/mol. The van der Waals surface area contributed by atoms with Gasteiger partial charge in [0, 0.05) is 18.8 Å². The first-order chi connectivity index (χ1) is 10.3. The van der Waals surface area contributed by atoms with Crippen LogP contribution in [0.4, 0.5) is 0 Å². The third-order valence-electron chi connectivity index (χ3n) is 3.61. The van der Waals surface area contributed by atoms with E-state index in [0.717, 1.165) is 36.6 Å². The van der Waals surface area contributed by atoms with Crippen molar-refractivity contribution in [3.63, 3.8) is 0 Å². The van der Waals surface area contributed by atoms with E-state index in [1.54, 1.807) is 19.5 Å². The average Bonchev–Trinajstić information content (AvgIpc) is 3.00. The minimum absolute atomic E-state index is 0.0375. The van der Waals surface area contributed by atoms with E-state index >= 15 is 0 Å². The van der Waals surface area contributed by atoms with E-state index in [4.69, 9.17) is 9.47 Å². The number of fused-ring (bicyclic) bond motifs is 1. The van der Waals surface area contributed by atoms with Gasteiger partial charge >= 0.3 is 0 Å². The van der Waals surface area contributed by atoms with Crippen LogP contribution in [-0.2, 0) is 6.42 Å². The van der Waals surface area contributed by atoms with Crippen LogP contribution in [0.15, 0.2) is 30.6 Å². The Balaban J connectivity index is 2.01. The monoisotopic (exact) mass is 285 g/mol. The van der Waals surface area contributed by atoms with E-state index in [2.05, 4.69) is 34.3 Å². The van der Waals surface area contributed by atoms with Crippen LogP contribution in [0, 0.1) is 0 Å². The molecule has 1 unspecified atom stereocenters. The highest BCUT2D eigenvalue weighted by atomic mass is 16.5. The molecule has 1 N–H and O–H groups in total. The molecule has 0 radical (unpaired) electrons. The van der Waals surface area contributed by atoms with E-state index < -0.39 is 0 Å². The number of hydrogen-bond acceptors (Lipinski definition) is 5. The van der Waals surface area contributed by atoms with E-state index in [9.17, 15) is 0 Å². The Morgan fingerprint density at radius 3 is 3.00 bits per heavy atom. The van der Waals surface area contributed by atoms with Gasteiger partial charge in [0.25, 0.3) is 0 Å². The normalized spacial score (nSPS) is 14.4. The Bertz CT molecular complexity index is 631. The Labute approximate surface area is 124 Å².